The summed E-state index contributed by atoms with van der Waals surface area (Å²) in [5, 5.41) is 3.28. The SMILES string of the molecule is CCNC(c1ncccc1OC)C(OC)OC. The second kappa shape index (κ2) is 7.21. The molecule has 1 heterocycles. The lowest BCUT2D eigenvalue weighted by Gasteiger charge is -2.25. The zero-order valence-electron chi connectivity index (χ0n) is 10.8. The van der Waals surface area contributed by atoms with Gasteiger partial charge in [0.1, 0.15) is 17.5 Å². The van der Waals surface area contributed by atoms with Crippen LogP contribution in [-0.2, 0) is 9.47 Å². The lowest BCUT2D eigenvalue weighted by atomic mass is 10.1. The van der Waals surface area contributed by atoms with Crippen molar-refractivity contribution in [3.63, 3.8) is 0 Å². The lowest BCUT2D eigenvalue weighted by molar-refractivity contribution is -0.124. The first-order chi connectivity index (χ1) is 8.28. The number of nitrogens with zero attached hydrogens (tertiary/aromatic N) is 1. The quantitative estimate of drug-likeness (QED) is 0.729. The molecule has 0 aliphatic heterocycles. The molecule has 0 bridgehead atoms. The van der Waals surface area contributed by atoms with Crippen molar-refractivity contribution >= 4 is 0 Å². The Morgan fingerprint density at radius 3 is 2.53 bits per heavy atom. The summed E-state index contributed by atoms with van der Waals surface area (Å²) in [5.41, 5.74) is 0.783. The van der Waals surface area contributed by atoms with Gasteiger partial charge in [0.25, 0.3) is 0 Å². The minimum Gasteiger partial charge on any atom is -0.495 e. The van der Waals surface area contributed by atoms with Crippen LogP contribution in [0.5, 0.6) is 5.75 Å². The van der Waals surface area contributed by atoms with Crippen LogP contribution < -0.4 is 10.1 Å². The predicted molar refractivity (Wildman–Crippen MR) is 65.0 cm³/mol. The highest BCUT2D eigenvalue weighted by molar-refractivity contribution is 5.30. The van der Waals surface area contributed by atoms with Crippen molar-refractivity contribution in [1.29, 1.82) is 0 Å². The van der Waals surface area contributed by atoms with Crippen molar-refractivity contribution in [3.05, 3.63) is 24.0 Å². The zero-order valence-corrected chi connectivity index (χ0v) is 10.8. The van der Waals surface area contributed by atoms with Gasteiger partial charge in [-0.05, 0) is 18.7 Å². The first-order valence-electron chi connectivity index (χ1n) is 5.56. The number of nitrogens with one attached hydrogen (secondary N) is 1. The standard InChI is InChI=1S/C12H20N2O3/c1-5-13-11(12(16-3)17-4)10-9(15-2)7-6-8-14-10/h6-8,11-13H,5H2,1-4H3. The molecule has 1 rings (SSSR count). The van der Waals surface area contributed by atoms with E-state index in [1.54, 1.807) is 27.5 Å². The monoisotopic (exact) mass is 240 g/mol. The second-order valence-corrected chi connectivity index (χ2v) is 3.47. The number of hydrogen-bond donors (Lipinski definition) is 1. The number of rotatable bonds is 7. The molecule has 1 aromatic heterocycles. The van der Waals surface area contributed by atoms with Crippen LogP contribution in [0, 0.1) is 0 Å². The minimum absolute atomic E-state index is 0.161. The Morgan fingerprint density at radius 2 is 2.00 bits per heavy atom. The predicted octanol–water partition coefficient (Wildman–Crippen LogP) is 1.36. The molecule has 0 aliphatic carbocycles. The fourth-order valence-electron chi connectivity index (χ4n) is 1.72. The van der Waals surface area contributed by atoms with Crippen LogP contribution in [-0.4, -0.2) is 39.1 Å². The number of ether oxygens (including phenoxy) is 3. The number of methoxy groups -OCH3 is 3. The molecule has 0 radical (unpaired) electrons. The van der Waals surface area contributed by atoms with Crippen molar-refractivity contribution in [1.82, 2.24) is 10.3 Å². The van der Waals surface area contributed by atoms with Crippen LogP contribution in [0.25, 0.3) is 0 Å². The van der Waals surface area contributed by atoms with Crippen LogP contribution in [0.2, 0.25) is 0 Å². The molecule has 1 N–H and O–H groups in total. The second-order valence-electron chi connectivity index (χ2n) is 3.47. The van der Waals surface area contributed by atoms with E-state index < -0.39 is 6.29 Å². The third kappa shape index (κ3) is 3.39. The summed E-state index contributed by atoms with van der Waals surface area (Å²) in [7, 11) is 4.83. The Bertz CT molecular complexity index is 329. The van der Waals surface area contributed by atoms with Gasteiger partial charge in [-0.3, -0.25) is 4.98 Å². The van der Waals surface area contributed by atoms with Crippen molar-refractivity contribution in [3.8, 4) is 5.75 Å². The van der Waals surface area contributed by atoms with Gasteiger partial charge < -0.3 is 19.5 Å². The van der Waals surface area contributed by atoms with E-state index in [9.17, 15) is 0 Å². The number of likely N-dealkylation sites (N-methyl/N-ethyl adjacent to an activating group) is 1. The van der Waals surface area contributed by atoms with E-state index in [2.05, 4.69) is 10.3 Å². The maximum atomic E-state index is 5.30. The summed E-state index contributed by atoms with van der Waals surface area (Å²) in [6.45, 7) is 2.80. The molecule has 96 valence electrons. The van der Waals surface area contributed by atoms with Gasteiger partial charge in [-0.1, -0.05) is 6.92 Å². The van der Waals surface area contributed by atoms with E-state index in [4.69, 9.17) is 14.2 Å². The maximum Gasteiger partial charge on any atom is 0.177 e. The zero-order chi connectivity index (χ0) is 12.7. The molecule has 0 spiro atoms. The van der Waals surface area contributed by atoms with Gasteiger partial charge in [0, 0.05) is 20.4 Å². The normalized spacial score (nSPS) is 12.8. The Morgan fingerprint density at radius 1 is 1.29 bits per heavy atom. The van der Waals surface area contributed by atoms with E-state index >= 15 is 0 Å². The highest BCUT2D eigenvalue weighted by Gasteiger charge is 2.26. The highest BCUT2D eigenvalue weighted by Crippen LogP contribution is 2.26. The van der Waals surface area contributed by atoms with Crippen molar-refractivity contribution in [2.45, 2.75) is 19.3 Å². The fourth-order valence-corrected chi connectivity index (χ4v) is 1.72. The van der Waals surface area contributed by atoms with Crippen molar-refractivity contribution in [2.75, 3.05) is 27.9 Å². The maximum absolute atomic E-state index is 5.30. The topological polar surface area (TPSA) is 52.6 Å². The van der Waals surface area contributed by atoms with E-state index in [0.717, 1.165) is 18.0 Å². The molecule has 0 aliphatic rings. The third-order valence-corrected chi connectivity index (χ3v) is 2.48. The Balaban J connectivity index is 3.03. The van der Waals surface area contributed by atoms with Gasteiger partial charge in [0.15, 0.2) is 6.29 Å². The molecule has 0 aromatic carbocycles. The Hall–Kier alpha value is -1.17. The molecular weight excluding hydrogens is 220 g/mol. The summed E-state index contributed by atoms with van der Waals surface area (Å²) in [6.07, 6.45) is 1.32. The van der Waals surface area contributed by atoms with Crippen LogP contribution >= 0.6 is 0 Å². The average Bonchev–Trinajstić information content (AvgIpc) is 2.39. The Kier molecular flexibility index (Phi) is 5.90. The van der Waals surface area contributed by atoms with E-state index in [0.29, 0.717) is 0 Å². The number of pyridine rings is 1. The molecule has 0 fully saturated rings. The number of aromatic nitrogens is 1. The fraction of sp³-hybridized carbons (Fsp3) is 0.583. The lowest BCUT2D eigenvalue weighted by Crippen LogP contribution is -2.35. The molecule has 0 amide bonds. The molecule has 5 heteroatoms. The molecule has 1 unspecified atom stereocenters. The summed E-state index contributed by atoms with van der Waals surface area (Å²) >= 11 is 0. The summed E-state index contributed by atoms with van der Waals surface area (Å²) in [6, 6.07) is 3.54. The van der Waals surface area contributed by atoms with Crippen LogP contribution in [0.3, 0.4) is 0 Å². The third-order valence-electron chi connectivity index (χ3n) is 2.48. The largest absolute Gasteiger partial charge is 0.495 e. The van der Waals surface area contributed by atoms with Crippen LogP contribution in [0.15, 0.2) is 18.3 Å². The summed E-state index contributed by atoms with van der Waals surface area (Å²) in [4.78, 5) is 4.34. The molecule has 1 aromatic rings. The van der Waals surface area contributed by atoms with E-state index in [-0.39, 0.29) is 6.04 Å². The van der Waals surface area contributed by atoms with Gasteiger partial charge in [0.05, 0.1) is 7.11 Å². The van der Waals surface area contributed by atoms with Gasteiger partial charge >= 0.3 is 0 Å². The summed E-state index contributed by atoms with van der Waals surface area (Å²) in [5.74, 6) is 0.720. The number of hydrogen-bond acceptors (Lipinski definition) is 5. The minimum atomic E-state index is -0.404. The van der Waals surface area contributed by atoms with Gasteiger partial charge in [-0.2, -0.15) is 0 Å². The van der Waals surface area contributed by atoms with E-state index in [1.807, 2.05) is 19.1 Å². The van der Waals surface area contributed by atoms with Gasteiger partial charge in [0.2, 0.25) is 0 Å². The average molecular weight is 240 g/mol. The molecular formula is C12H20N2O3. The van der Waals surface area contributed by atoms with Crippen LogP contribution in [0.4, 0.5) is 0 Å². The van der Waals surface area contributed by atoms with Crippen LogP contribution in [0.1, 0.15) is 18.7 Å². The highest BCUT2D eigenvalue weighted by atomic mass is 16.7. The van der Waals surface area contributed by atoms with Crippen molar-refractivity contribution < 1.29 is 14.2 Å². The molecule has 1 atom stereocenters. The molecule has 0 saturated heterocycles. The molecule has 5 nitrogen and oxygen atoms in total. The smallest absolute Gasteiger partial charge is 0.177 e. The van der Waals surface area contributed by atoms with Gasteiger partial charge in [-0.15, -0.1) is 0 Å². The molecule has 17 heavy (non-hydrogen) atoms. The van der Waals surface area contributed by atoms with Gasteiger partial charge in [-0.25, -0.2) is 0 Å². The Labute approximate surface area is 102 Å². The van der Waals surface area contributed by atoms with Crippen molar-refractivity contribution in [2.24, 2.45) is 0 Å². The molecule has 0 saturated carbocycles. The summed E-state index contributed by atoms with van der Waals surface area (Å²) < 4.78 is 15.9. The first kappa shape index (κ1) is 13.9. The first-order valence-corrected chi connectivity index (χ1v) is 5.56. The van der Waals surface area contributed by atoms with E-state index in [1.165, 1.54) is 0 Å².